The Morgan fingerprint density at radius 2 is 2.06 bits per heavy atom. The van der Waals surface area contributed by atoms with Crippen molar-refractivity contribution in [3.8, 4) is 6.07 Å². The molecule has 92 valence electrons. The Morgan fingerprint density at radius 1 is 1.31 bits per heavy atom. The lowest BCUT2D eigenvalue weighted by Gasteiger charge is -2.37. The van der Waals surface area contributed by atoms with E-state index in [4.69, 9.17) is 0 Å². The maximum atomic E-state index is 9.19. The molecule has 0 aliphatic heterocycles. The molecule has 0 aromatic rings. The number of hydrogen-bond acceptors (Lipinski definition) is 2. The lowest BCUT2D eigenvalue weighted by Crippen LogP contribution is -2.41. The fraction of sp³-hybridized carbons (Fsp3) is 0.929. The van der Waals surface area contributed by atoms with E-state index in [-0.39, 0.29) is 5.92 Å². The second kappa shape index (κ2) is 6.91. The van der Waals surface area contributed by atoms with Gasteiger partial charge in [-0.05, 0) is 45.2 Å². The summed E-state index contributed by atoms with van der Waals surface area (Å²) in [6.45, 7) is 5.71. The van der Waals surface area contributed by atoms with Gasteiger partial charge in [0.25, 0.3) is 0 Å². The average Bonchev–Trinajstić information content (AvgIpc) is 2.29. The zero-order valence-corrected chi connectivity index (χ0v) is 11.1. The van der Waals surface area contributed by atoms with E-state index in [1.807, 2.05) is 0 Å². The summed E-state index contributed by atoms with van der Waals surface area (Å²) in [5, 5.41) is 9.19. The van der Waals surface area contributed by atoms with Crippen LogP contribution in [0.25, 0.3) is 0 Å². The molecule has 0 aromatic heterocycles. The first-order valence-corrected chi connectivity index (χ1v) is 6.78. The van der Waals surface area contributed by atoms with Gasteiger partial charge in [-0.3, -0.25) is 0 Å². The summed E-state index contributed by atoms with van der Waals surface area (Å²) in [6, 6.07) is 3.01. The third-order valence-electron chi connectivity index (χ3n) is 3.93. The molecule has 1 aliphatic rings. The molecule has 0 heterocycles. The second-order valence-corrected chi connectivity index (χ2v) is 5.41. The van der Waals surface area contributed by atoms with Gasteiger partial charge in [0.05, 0.1) is 12.0 Å². The van der Waals surface area contributed by atoms with E-state index in [1.165, 1.54) is 32.1 Å². The Balaban J connectivity index is 2.44. The molecule has 1 fully saturated rings. The number of hydrogen-bond donors (Lipinski definition) is 0. The van der Waals surface area contributed by atoms with Crippen LogP contribution in [0.3, 0.4) is 0 Å². The van der Waals surface area contributed by atoms with Crippen LogP contribution in [0.2, 0.25) is 0 Å². The summed E-state index contributed by atoms with van der Waals surface area (Å²) in [7, 11) is 2.20. The molecule has 3 atom stereocenters. The predicted molar refractivity (Wildman–Crippen MR) is 68.1 cm³/mol. The van der Waals surface area contributed by atoms with Gasteiger partial charge >= 0.3 is 0 Å². The van der Waals surface area contributed by atoms with Crippen molar-refractivity contribution in [3.63, 3.8) is 0 Å². The van der Waals surface area contributed by atoms with Crippen LogP contribution in [-0.2, 0) is 0 Å². The number of rotatable bonds is 5. The molecule has 1 rings (SSSR count). The van der Waals surface area contributed by atoms with E-state index < -0.39 is 0 Å². The van der Waals surface area contributed by atoms with Crippen molar-refractivity contribution in [2.45, 2.75) is 58.4 Å². The minimum atomic E-state index is 0.267. The largest absolute Gasteiger partial charge is 0.302 e. The second-order valence-electron chi connectivity index (χ2n) is 5.41. The van der Waals surface area contributed by atoms with Gasteiger partial charge in [-0.25, -0.2) is 0 Å². The van der Waals surface area contributed by atoms with E-state index in [1.54, 1.807) is 0 Å². The highest BCUT2D eigenvalue weighted by atomic mass is 15.1. The lowest BCUT2D eigenvalue weighted by molar-refractivity contribution is 0.129. The van der Waals surface area contributed by atoms with Crippen LogP contribution >= 0.6 is 0 Å². The Bertz CT molecular complexity index is 231. The maximum Gasteiger partial charge on any atom is 0.0672 e. The van der Waals surface area contributed by atoms with Crippen molar-refractivity contribution in [3.05, 3.63) is 0 Å². The van der Waals surface area contributed by atoms with Crippen molar-refractivity contribution in [2.75, 3.05) is 13.6 Å². The van der Waals surface area contributed by atoms with Gasteiger partial charge in [0.1, 0.15) is 0 Å². The molecule has 0 N–H and O–H groups in total. The molecule has 0 saturated heterocycles. The van der Waals surface area contributed by atoms with Crippen molar-refractivity contribution >= 4 is 0 Å². The molecule has 2 nitrogen and oxygen atoms in total. The average molecular weight is 222 g/mol. The minimum Gasteiger partial charge on any atom is -0.302 e. The van der Waals surface area contributed by atoms with E-state index in [2.05, 4.69) is 31.9 Å². The summed E-state index contributed by atoms with van der Waals surface area (Å²) in [5.41, 5.74) is 0. The molecule has 0 radical (unpaired) electrons. The molecule has 1 aliphatic carbocycles. The summed E-state index contributed by atoms with van der Waals surface area (Å²) in [6.07, 6.45) is 7.40. The Morgan fingerprint density at radius 3 is 2.69 bits per heavy atom. The molecule has 0 amide bonds. The third kappa shape index (κ3) is 3.79. The lowest BCUT2D eigenvalue weighted by atomic mass is 9.79. The molecule has 16 heavy (non-hydrogen) atoms. The first kappa shape index (κ1) is 13.5. The van der Waals surface area contributed by atoms with E-state index in [9.17, 15) is 5.26 Å². The van der Waals surface area contributed by atoms with Crippen LogP contribution in [0.1, 0.15) is 52.4 Å². The minimum absolute atomic E-state index is 0.267. The zero-order chi connectivity index (χ0) is 12.0. The van der Waals surface area contributed by atoms with Gasteiger partial charge in [0.2, 0.25) is 0 Å². The topological polar surface area (TPSA) is 27.0 Å². The first-order valence-electron chi connectivity index (χ1n) is 6.78. The molecule has 3 unspecified atom stereocenters. The van der Waals surface area contributed by atoms with Crippen molar-refractivity contribution in [1.29, 1.82) is 5.26 Å². The van der Waals surface area contributed by atoms with Crippen molar-refractivity contribution < 1.29 is 0 Å². The fourth-order valence-corrected chi connectivity index (χ4v) is 2.77. The smallest absolute Gasteiger partial charge is 0.0672 e. The van der Waals surface area contributed by atoms with Crippen LogP contribution < -0.4 is 0 Å². The first-order chi connectivity index (χ1) is 7.69. The van der Waals surface area contributed by atoms with Gasteiger partial charge in [-0.15, -0.1) is 0 Å². The maximum absolute atomic E-state index is 9.19. The monoisotopic (exact) mass is 222 g/mol. The van der Waals surface area contributed by atoms with Crippen LogP contribution in [0.4, 0.5) is 0 Å². The van der Waals surface area contributed by atoms with E-state index in [0.29, 0.717) is 6.04 Å². The summed E-state index contributed by atoms with van der Waals surface area (Å²) in [4.78, 5) is 2.43. The summed E-state index contributed by atoms with van der Waals surface area (Å²) in [5.74, 6) is 1.06. The molecular weight excluding hydrogens is 196 g/mol. The molecular formula is C14H26N2. The highest BCUT2D eigenvalue weighted by Gasteiger charge is 2.30. The Hall–Kier alpha value is -0.550. The van der Waals surface area contributed by atoms with Gasteiger partial charge in [0.15, 0.2) is 0 Å². The Labute approximate surface area is 101 Å². The van der Waals surface area contributed by atoms with Crippen LogP contribution in [-0.4, -0.2) is 24.5 Å². The predicted octanol–water partition coefficient (Wildman–Crippen LogP) is 3.44. The van der Waals surface area contributed by atoms with Gasteiger partial charge in [-0.1, -0.05) is 26.7 Å². The normalized spacial score (nSPS) is 30.3. The van der Waals surface area contributed by atoms with Crippen LogP contribution in [0, 0.1) is 23.2 Å². The standard InChI is InChI=1S/C14H26N2/c1-4-5-6-9-16(3)14-10-12(2)7-8-13(14)11-15/h12-14H,4-10H2,1-3H3. The van der Waals surface area contributed by atoms with E-state index >= 15 is 0 Å². The summed E-state index contributed by atoms with van der Waals surface area (Å²) < 4.78 is 0. The number of nitrogens with zero attached hydrogens (tertiary/aromatic N) is 2. The van der Waals surface area contributed by atoms with Crippen molar-refractivity contribution in [1.82, 2.24) is 4.90 Å². The Kier molecular flexibility index (Phi) is 5.84. The third-order valence-corrected chi connectivity index (χ3v) is 3.93. The number of unbranched alkanes of at least 4 members (excludes halogenated alkanes) is 2. The molecule has 1 saturated carbocycles. The van der Waals surface area contributed by atoms with Crippen LogP contribution in [0.5, 0.6) is 0 Å². The van der Waals surface area contributed by atoms with Gasteiger partial charge in [0, 0.05) is 6.04 Å². The zero-order valence-electron chi connectivity index (χ0n) is 11.1. The highest BCUT2D eigenvalue weighted by Crippen LogP contribution is 2.31. The fourth-order valence-electron chi connectivity index (χ4n) is 2.77. The summed E-state index contributed by atoms with van der Waals surface area (Å²) >= 11 is 0. The van der Waals surface area contributed by atoms with Gasteiger partial charge < -0.3 is 4.90 Å². The van der Waals surface area contributed by atoms with Crippen molar-refractivity contribution in [2.24, 2.45) is 11.8 Å². The SMILES string of the molecule is CCCCCN(C)C1CC(C)CCC1C#N. The molecule has 0 aromatic carbocycles. The number of nitriles is 1. The van der Waals surface area contributed by atoms with E-state index in [0.717, 1.165) is 18.9 Å². The molecule has 0 bridgehead atoms. The van der Waals surface area contributed by atoms with Gasteiger partial charge in [-0.2, -0.15) is 5.26 Å². The quantitative estimate of drug-likeness (QED) is 0.666. The molecule has 0 spiro atoms. The molecule has 2 heteroatoms. The van der Waals surface area contributed by atoms with Crippen LogP contribution in [0.15, 0.2) is 0 Å². The highest BCUT2D eigenvalue weighted by molar-refractivity contribution is 4.96.